The third-order valence-corrected chi connectivity index (χ3v) is 4.10. The molecule has 104 valence electrons. The van der Waals surface area contributed by atoms with Gasteiger partial charge in [-0.1, -0.05) is 12.1 Å². The van der Waals surface area contributed by atoms with Crippen LogP contribution in [0.15, 0.2) is 30.2 Å². The molecule has 1 fully saturated rings. The maximum atomic E-state index is 12.3. The van der Waals surface area contributed by atoms with Crippen molar-refractivity contribution in [2.75, 3.05) is 26.2 Å². The zero-order chi connectivity index (χ0) is 13.7. The Morgan fingerprint density at radius 2 is 2.53 bits per heavy atom. The number of carbonyl (C=O) groups excluding carboxylic acids is 1. The van der Waals surface area contributed by atoms with Gasteiger partial charge in [-0.25, -0.2) is 0 Å². The van der Waals surface area contributed by atoms with Gasteiger partial charge in [0.05, 0.1) is 19.2 Å². The smallest absolute Gasteiger partial charge is 0.237 e. The van der Waals surface area contributed by atoms with Gasteiger partial charge in [0.25, 0.3) is 0 Å². The third kappa shape index (κ3) is 4.16. The maximum absolute atomic E-state index is 12.3. The Morgan fingerprint density at radius 3 is 3.11 bits per heavy atom. The molecule has 4 nitrogen and oxygen atoms in total. The number of amides is 1. The van der Waals surface area contributed by atoms with Gasteiger partial charge in [0.2, 0.25) is 5.91 Å². The molecule has 0 bridgehead atoms. The van der Waals surface area contributed by atoms with Crippen molar-refractivity contribution < 1.29 is 9.90 Å². The second-order valence-corrected chi connectivity index (χ2v) is 5.85. The maximum Gasteiger partial charge on any atom is 0.237 e. The van der Waals surface area contributed by atoms with E-state index in [0.717, 1.165) is 13.0 Å². The van der Waals surface area contributed by atoms with Crippen LogP contribution in [0.2, 0.25) is 0 Å². The number of nitrogens with zero attached hydrogens (tertiary/aromatic N) is 2. The summed E-state index contributed by atoms with van der Waals surface area (Å²) in [6, 6.07) is 4.03. The number of β-amino-alcohol motifs (C(OH)–C–C–N with tert-alkyl or cyclic N) is 1. The number of thiophene rings is 1. The molecule has 1 aliphatic rings. The Bertz CT molecular complexity index is 419. The number of aliphatic hydroxyl groups excluding tert-OH is 1. The average Bonchev–Trinajstić information content (AvgIpc) is 3.01. The fraction of sp³-hybridized carbons (Fsp3) is 0.500. The van der Waals surface area contributed by atoms with Crippen molar-refractivity contribution >= 4 is 17.2 Å². The van der Waals surface area contributed by atoms with Crippen molar-refractivity contribution in [3.63, 3.8) is 0 Å². The molecule has 1 aliphatic heterocycles. The molecule has 1 saturated heterocycles. The van der Waals surface area contributed by atoms with Gasteiger partial charge in [0, 0.05) is 24.5 Å². The molecule has 0 saturated carbocycles. The molecule has 0 aliphatic carbocycles. The van der Waals surface area contributed by atoms with Gasteiger partial charge in [-0.2, -0.15) is 0 Å². The zero-order valence-electron chi connectivity index (χ0n) is 11.0. The van der Waals surface area contributed by atoms with Crippen LogP contribution in [-0.2, 0) is 11.3 Å². The van der Waals surface area contributed by atoms with Crippen molar-refractivity contribution in [2.45, 2.75) is 19.1 Å². The van der Waals surface area contributed by atoms with Crippen LogP contribution in [0.5, 0.6) is 0 Å². The lowest BCUT2D eigenvalue weighted by molar-refractivity contribution is -0.132. The van der Waals surface area contributed by atoms with Gasteiger partial charge in [0.1, 0.15) is 0 Å². The summed E-state index contributed by atoms with van der Waals surface area (Å²) in [7, 11) is 0. The van der Waals surface area contributed by atoms with Crippen LogP contribution in [0.3, 0.4) is 0 Å². The van der Waals surface area contributed by atoms with E-state index in [9.17, 15) is 9.90 Å². The summed E-state index contributed by atoms with van der Waals surface area (Å²) >= 11 is 1.66. The van der Waals surface area contributed by atoms with E-state index in [1.165, 1.54) is 4.88 Å². The molecule has 1 atom stereocenters. The summed E-state index contributed by atoms with van der Waals surface area (Å²) in [6.07, 6.45) is 2.24. The summed E-state index contributed by atoms with van der Waals surface area (Å²) in [5, 5.41) is 11.5. The minimum atomic E-state index is -0.280. The van der Waals surface area contributed by atoms with Crippen molar-refractivity contribution in [1.29, 1.82) is 0 Å². The predicted octanol–water partition coefficient (Wildman–Crippen LogP) is 1.33. The van der Waals surface area contributed by atoms with E-state index in [2.05, 4.69) is 6.58 Å². The largest absolute Gasteiger partial charge is 0.392 e. The summed E-state index contributed by atoms with van der Waals surface area (Å²) in [6.45, 7) is 6.70. The molecule has 1 aromatic heterocycles. The molecule has 1 amide bonds. The molecule has 1 N–H and O–H groups in total. The number of rotatable bonds is 6. The lowest BCUT2D eigenvalue weighted by Crippen LogP contribution is -2.39. The molecule has 2 heterocycles. The van der Waals surface area contributed by atoms with Gasteiger partial charge >= 0.3 is 0 Å². The number of hydrogen-bond acceptors (Lipinski definition) is 4. The minimum absolute atomic E-state index is 0.0994. The standard InChI is InChI=1S/C14H20N2O2S/c1-2-6-16(10-13-4-3-8-19-13)14(18)11-15-7-5-12(17)9-15/h2-4,8,12,17H,1,5-7,9-11H2/t12-/m1/s1. The molecular formula is C14H20N2O2S. The first-order valence-electron chi connectivity index (χ1n) is 6.50. The molecule has 0 spiro atoms. The third-order valence-electron chi connectivity index (χ3n) is 3.24. The highest BCUT2D eigenvalue weighted by atomic mass is 32.1. The van der Waals surface area contributed by atoms with Crippen LogP contribution in [0.1, 0.15) is 11.3 Å². The SMILES string of the molecule is C=CCN(Cc1cccs1)C(=O)CN1CC[C@@H](O)C1. The number of carbonyl (C=O) groups is 1. The molecule has 5 heteroatoms. The van der Waals surface area contributed by atoms with Gasteiger partial charge < -0.3 is 10.0 Å². The van der Waals surface area contributed by atoms with E-state index in [1.807, 2.05) is 27.3 Å². The highest BCUT2D eigenvalue weighted by Crippen LogP contribution is 2.13. The Hall–Kier alpha value is -1.17. The number of aliphatic hydroxyl groups is 1. The molecule has 19 heavy (non-hydrogen) atoms. The van der Waals surface area contributed by atoms with E-state index < -0.39 is 0 Å². The lowest BCUT2D eigenvalue weighted by atomic mass is 10.3. The fourth-order valence-electron chi connectivity index (χ4n) is 2.25. The van der Waals surface area contributed by atoms with Crippen LogP contribution in [0.4, 0.5) is 0 Å². The monoisotopic (exact) mass is 280 g/mol. The normalized spacial score (nSPS) is 19.5. The average molecular weight is 280 g/mol. The van der Waals surface area contributed by atoms with Gasteiger partial charge in [-0.3, -0.25) is 9.69 Å². The van der Waals surface area contributed by atoms with Crippen LogP contribution < -0.4 is 0 Å². The quantitative estimate of drug-likeness (QED) is 0.800. The van der Waals surface area contributed by atoms with Gasteiger partial charge in [0.15, 0.2) is 0 Å². The van der Waals surface area contributed by atoms with Crippen LogP contribution in [0.25, 0.3) is 0 Å². The summed E-state index contributed by atoms with van der Waals surface area (Å²) < 4.78 is 0. The van der Waals surface area contributed by atoms with Crippen molar-refractivity contribution in [3.8, 4) is 0 Å². The van der Waals surface area contributed by atoms with Crippen molar-refractivity contribution in [2.24, 2.45) is 0 Å². The van der Waals surface area contributed by atoms with Crippen molar-refractivity contribution in [1.82, 2.24) is 9.80 Å². The number of hydrogen-bond donors (Lipinski definition) is 1. The van der Waals surface area contributed by atoms with E-state index in [1.54, 1.807) is 17.4 Å². The molecule has 0 aromatic carbocycles. The van der Waals surface area contributed by atoms with Gasteiger partial charge in [-0.05, 0) is 17.9 Å². The minimum Gasteiger partial charge on any atom is -0.392 e. The molecule has 2 rings (SSSR count). The Labute approximate surface area is 118 Å². The van der Waals surface area contributed by atoms with Crippen LogP contribution >= 0.6 is 11.3 Å². The van der Waals surface area contributed by atoms with E-state index in [0.29, 0.717) is 26.2 Å². The zero-order valence-corrected chi connectivity index (χ0v) is 11.8. The Morgan fingerprint density at radius 1 is 1.68 bits per heavy atom. The summed E-state index contributed by atoms with van der Waals surface area (Å²) in [5.74, 6) is 0.0994. The summed E-state index contributed by atoms with van der Waals surface area (Å²) in [5.41, 5.74) is 0. The first-order chi connectivity index (χ1) is 9.19. The molecule has 0 radical (unpaired) electrons. The Balaban J connectivity index is 1.90. The van der Waals surface area contributed by atoms with E-state index in [-0.39, 0.29) is 12.0 Å². The first kappa shape index (κ1) is 14.2. The highest BCUT2D eigenvalue weighted by molar-refractivity contribution is 7.09. The van der Waals surface area contributed by atoms with E-state index >= 15 is 0 Å². The predicted molar refractivity (Wildman–Crippen MR) is 77.0 cm³/mol. The van der Waals surface area contributed by atoms with Crippen LogP contribution in [0, 0.1) is 0 Å². The molecule has 0 unspecified atom stereocenters. The first-order valence-corrected chi connectivity index (χ1v) is 7.38. The van der Waals surface area contributed by atoms with Crippen LogP contribution in [-0.4, -0.2) is 53.1 Å². The van der Waals surface area contributed by atoms with Crippen molar-refractivity contribution in [3.05, 3.63) is 35.0 Å². The topological polar surface area (TPSA) is 43.8 Å². The summed E-state index contributed by atoms with van der Waals surface area (Å²) in [4.78, 5) is 17.3. The fourth-order valence-corrected chi connectivity index (χ4v) is 2.97. The molecule has 1 aromatic rings. The van der Waals surface area contributed by atoms with Gasteiger partial charge in [-0.15, -0.1) is 17.9 Å². The second-order valence-electron chi connectivity index (χ2n) is 4.82. The lowest BCUT2D eigenvalue weighted by Gasteiger charge is -2.23. The highest BCUT2D eigenvalue weighted by Gasteiger charge is 2.24. The Kier molecular flexibility index (Phi) is 5.13. The molecular weight excluding hydrogens is 260 g/mol. The number of likely N-dealkylation sites (tertiary alicyclic amines) is 1. The second kappa shape index (κ2) is 6.84. The van der Waals surface area contributed by atoms with E-state index in [4.69, 9.17) is 0 Å².